The first-order chi connectivity index (χ1) is 14.8. The zero-order chi connectivity index (χ0) is 22.4. The number of benzene rings is 2. The van der Waals surface area contributed by atoms with Crippen LogP contribution in [0.3, 0.4) is 0 Å². The molecule has 3 rings (SSSR count). The molecule has 2 aromatic carbocycles. The molecule has 7 nitrogen and oxygen atoms in total. The van der Waals surface area contributed by atoms with Crippen molar-refractivity contribution in [2.24, 2.45) is 0 Å². The highest BCUT2D eigenvalue weighted by atomic mass is 32.2. The predicted molar refractivity (Wildman–Crippen MR) is 120 cm³/mol. The summed E-state index contributed by atoms with van der Waals surface area (Å²) in [4.78, 5) is 6.75. The van der Waals surface area contributed by atoms with Crippen molar-refractivity contribution in [3.8, 4) is 5.75 Å². The Morgan fingerprint density at radius 1 is 1.13 bits per heavy atom. The molecule has 0 radical (unpaired) electrons. The minimum Gasteiger partial charge on any atom is -0.497 e. The topological polar surface area (TPSA) is 75.6 Å². The molecule has 0 unspecified atom stereocenters. The lowest BCUT2D eigenvalue weighted by Crippen LogP contribution is -2.36. The van der Waals surface area contributed by atoms with Gasteiger partial charge in [-0.2, -0.15) is 8.68 Å². The molecule has 0 aliphatic heterocycles. The Bertz CT molecular complexity index is 1100. The summed E-state index contributed by atoms with van der Waals surface area (Å²) >= 11 is 1.27. The predicted octanol–water partition coefficient (Wildman–Crippen LogP) is 3.42. The van der Waals surface area contributed by atoms with E-state index in [-0.39, 0.29) is 10.7 Å². The van der Waals surface area contributed by atoms with Gasteiger partial charge >= 0.3 is 0 Å². The van der Waals surface area contributed by atoms with Crippen LogP contribution < -0.4 is 9.64 Å². The molecule has 0 saturated heterocycles. The second-order valence-electron chi connectivity index (χ2n) is 6.88. The number of ether oxygens (including phenoxy) is 1. The number of anilines is 1. The van der Waals surface area contributed by atoms with E-state index in [1.807, 2.05) is 11.8 Å². The number of halogens is 1. The third kappa shape index (κ3) is 5.78. The van der Waals surface area contributed by atoms with E-state index in [1.54, 1.807) is 37.4 Å². The van der Waals surface area contributed by atoms with Crippen molar-refractivity contribution in [3.63, 3.8) is 0 Å². The lowest BCUT2D eigenvalue weighted by atomic mass is 10.1. The average Bonchev–Trinajstić information content (AvgIpc) is 3.23. The molecule has 1 heterocycles. The minimum absolute atomic E-state index is 0.190. The summed E-state index contributed by atoms with van der Waals surface area (Å²) in [5.74, 6) is 0.871. The van der Waals surface area contributed by atoms with Gasteiger partial charge in [0.05, 0.1) is 12.0 Å². The van der Waals surface area contributed by atoms with Crippen LogP contribution in [0, 0.1) is 5.82 Å². The maximum atomic E-state index is 13.1. The Kier molecular flexibility index (Phi) is 7.58. The number of sulfonamides is 1. The summed E-state index contributed by atoms with van der Waals surface area (Å²) < 4.78 is 49.7. The molecular formula is C21H25FN4O3S2. The lowest BCUT2D eigenvalue weighted by molar-refractivity contribution is 0.412. The molecule has 0 fully saturated rings. The van der Waals surface area contributed by atoms with E-state index in [0.29, 0.717) is 37.6 Å². The van der Waals surface area contributed by atoms with E-state index < -0.39 is 10.0 Å². The van der Waals surface area contributed by atoms with E-state index in [2.05, 4.69) is 9.36 Å². The van der Waals surface area contributed by atoms with Crippen molar-refractivity contribution in [1.29, 1.82) is 0 Å². The van der Waals surface area contributed by atoms with Gasteiger partial charge in [0.1, 0.15) is 17.4 Å². The summed E-state index contributed by atoms with van der Waals surface area (Å²) in [6, 6.07) is 12.7. The molecule has 166 valence electrons. The summed E-state index contributed by atoms with van der Waals surface area (Å²) in [6.45, 7) is 3.41. The van der Waals surface area contributed by atoms with Crippen LogP contribution in [-0.2, 0) is 16.4 Å². The number of hydrogen-bond donors (Lipinski definition) is 0. The Labute approximate surface area is 186 Å². The van der Waals surface area contributed by atoms with Crippen LogP contribution in [0.15, 0.2) is 53.4 Å². The van der Waals surface area contributed by atoms with Gasteiger partial charge in [-0.1, -0.05) is 18.2 Å². The lowest BCUT2D eigenvalue weighted by Gasteiger charge is -2.23. The van der Waals surface area contributed by atoms with Crippen LogP contribution >= 0.6 is 11.5 Å². The van der Waals surface area contributed by atoms with Crippen LogP contribution in [0.2, 0.25) is 0 Å². The third-order valence-corrected chi connectivity index (χ3v) is 7.49. The maximum Gasteiger partial charge on any atom is 0.243 e. The van der Waals surface area contributed by atoms with Crippen molar-refractivity contribution >= 4 is 26.7 Å². The van der Waals surface area contributed by atoms with Gasteiger partial charge in [0, 0.05) is 50.7 Å². The van der Waals surface area contributed by atoms with Gasteiger partial charge in [0.15, 0.2) is 0 Å². The van der Waals surface area contributed by atoms with Gasteiger partial charge in [-0.25, -0.2) is 17.8 Å². The van der Waals surface area contributed by atoms with Crippen LogP contribution in [0.5, 0.6) is 5.75 Å². The second kappa shape index (κ2) is 10.2. The van der Waals surface area contributed by atoms with Crippen LogP contribution in [-0.4, -0.2) is 55.9 Å². The van der Waals surface area contributed by atoms with E-state index in [0.717, 1.165) is 10.7 Å². The van der Waals surface area contributed by atoms with Crippen LogP contribution in [0.1, 0.15) is 18.3 Å². The zero-order valence-electron chi connectivity index (χ0n) is 17.7. The minimum atomic E-state index is -3.63. The monoisotopic (exact) mass is 464 g/mol. The Morgan fingerprint density at radius 2 is 1.87 bits per heavy atom. The van der Waals surface area contributed by atoms with Gasteiger partial charge in [-0.15, -0.1) is 0 Å². The average molecular weight is 465 g/mol. The van der Waals surface area contributed by atoms with E-state index in [9.17, 15) is 12.8 Å². The summed E-state index contributed by atoms with van der Waals surface area (Å²) in [5.41, 5.74) is 0.929. The molecule has 0 bridgehead atoms. The first kappa shape index (κ1) is 23.1. The number of hydrogen-bond acceptors (Lipinski definition) is 7. The van der Waals surface area contributed by atoms with E-state index in [4.69, 9.17) is 4.74 Å². The molecule has 3 aromatic rings. The van der Waals surface area contributed by atoms with E-state index >= 15 is 0 Å². The first-order valence-corrected chi connectivity index (χ1v) is 12.0. The fraction of sp³-hybridized carbons (Fsp3) is 0.333. The van der Waals surface area contributed by atoms with E-state index in [1.165, 1.54) is 41.1 Å². The van der Waals surface area contributed by atoms with Crippen LogP contribution in [0.25, 0.3) is 0 Å². The third-order valence-electron chi connectivity index (χ3n) is 4.82. The second-order valence-corrected chi connectivity index (χ2v) is 9.66. The first-order valence-electron chi connectivity index (χ1n) is 9.76. The van der Waals surface area contributed by atoms with Gasteiger partial charge in [0.25, 0.3) is 0 Å². The van der Waals surface area contributed by atoms with Gasteiger partial charge in [-0.3, -0.25) is 0 Å². The fourth-order valence-electron chi connectivity index (χ4n) is 2.94. The smallest absolute Gasteiger partial charge is 0.243 e. The summed E-state index contributed by atoms with van der Waals surface area (Å²) in [6.07, 6.45) is 0.512. The maximum absolute atomic E-state index is 13.1. The highest BCUT2D eigenvalue weighted by Gasteiger charge is 2.22. The van der Waals surface area contributed by atoms with Crippen molar-refractivity contribution in [1.82, 2.24) is 13.7 Å². The molecule has 0 spiro atoms. The number of aromatic nitrogens is 2. The zero-order valence-corrected chi connectivity index (χ0v) is 19.3. The molecule has 0 N–H and O–H groups in total. The van der Waals surface area contributed by atoms with Crippen molar-refractivity contribution in [3.05, 3.63) is 65.7 Å². The highest BCUT2D eigenvalue weighted by Crippen LogP contribution is 2.22. The molecule has 10 heteroatoms. The molecule has 0 aliphatic carbocycles. The van der Waals surface area contributed by atoms with Gasteiger partial charge in [-0.05, 0) is 36.8 Å². The molecular weight excluding hydrogens is 439 g/mol. The Balaban J connectivity index is 1.64. The van der Waals surface area contributed by atoms with Crippen molar-refractivity contribution in [2.45, 2.75) is 18.2 Å². The van der Waals surface area contributed by atoms with Crippen LogP contribution in [0.4, 0.5) is 9.52 Å². The largest absolute Gasteiger partial charge is 0.497 e. The molecule has 0 saturated carbocycles. The molecule has 0 aliphatic rings. The van der Waals surface area contributed by atoms with Crippen molar-refractivity contribution in [2.75, 3.05) is 38.7 Å². The Morgan fingerprint density at radius 3 is 2.55 bits per heavy atom. The quantitative estimate of drug-likeness (QED) is 0.458. The molecule has 1 aromatic heterocycles. The van der Waals surface area contributed by atoms with Gasteiger partial charge in [0.2, 0.25) is 15.2 Å². The fourth-order valence-corrected chi connectivity index (χ4v) is 4.91. The SMILES string of the molecule is CCN(CCN(C)S(=O)(=O)c1cccc(OC)c1)c1nc(Cc2ccc(F)cc2)ns1. The summed E-state index contributed by atoms with van der Waals surface area (Å²) in [5, 5.41) is 0.729. The number of methoxy groups -OCH3 is 1. The molecule has 0 atom stereocenters. The molecule has 0 amide bonds. The Hall–Kier alpha value is -2.56. The number of likely N-dealkylation sites (N-methyl/N-ethyl adjacent to an activating group) is 2. The summed E-state index contributed by atoms with van der Waals surface area (Å²) in [7, 11) is -0.574. The molecule has 31 heavy (non-hydrogen) atoms. The van der Waals surface area contributed by atoms with Gasteiger partial charge < -0.3 is 9.64 Å². The standard InChI is InChI=1S/C21H25FN4O3S2/c1-4-26(21-23-20(24-30-21)14-16-8-10-17(22)11-9-16)13-12-25(2)31(27,28)19-7-5-6-18(15-19)29-3/h5-11,15H,4,12-14H2,1-3H3. The van der Waals surface area contributed by atoms with Crippen molar-refractivity contribution < 1.29 is 17.5 Å². The number of nitrogens with zero attached hydrogens (tertiary/aromatic N) is 4. The number of rotatable bonds is 10. The normalized spacial score (nSPS) is 11.6. The highest BCUT2D eigenvalue weighted by molar-refractivity contribution is 7.89.